The van der Waals surface area contributed by atoms with Gasteiger partial charge in [-0.2, -0.15) is 0 Å². The number of likely N-dealkylation sites (N-methyl/N-ethyl adjacent to an activating group) is 1. The molecular weight excluding hydrogens is 1230 g/mol. The van der Waals surface area contributed by atoms with E-state index in [1.54, 1.807) is 0 Å². The van der Waals surface area contributed by atoms with E-state index >= 15 is 0 Å². The van der Waals surface area contributed by atoms with Gasteiger partial charge in [-0.3, -0.25) is 18.6 Å². The predicted molar refractivity (Wildman–Crippen MR) is 426 cm³/mol. The van der Waals surface area contributed by atoms with E-state index in [2.05, 4.69) is 220 Å². The van der Waals surface area contributed by atoms with Gasteiger partial charge >= 0.3 is 19.8 Å². The lowest BCUT2D eigenvalue weighted by Crippen LogP contribution is -2.37. The summed E-state index contributed by atoms with van der Waals surface area (Å²) in [5.74, 6) is -0.817. The summed E-state index contributed by atoms with van der Waals surface area (Å²) in [5, 5.41) is 0. The van der Waals surface area contributed by atoms with Crippen LogP contribution in [0.5, 0.6) is 0 Å². The molecule has 0 aromatic carbocycles. The van der Waals surface area contributed by atoms with Gasteiger partial charge in [-0.05, 0) is 148 Å². The van der Waals surface area contributed by atoms with E-state index in [-0.39, 0.29) is 32.0 Å². The maximum Gasteiger partial charge on any atom is 0.472 e. The summed E-state index contributed by atoms with van der Waals surface area (Å²) in [5.41, 5.74) is 0. The van der Waals surface area contributed by atoms with Crippen LogP contribution in [0.4, 0.5) is 0 Å². The van der Waals surface area contributed by atoms with Crippen LogP contribution < -0.4 is 0 Å². The van der Waals surface area contributed by atoms with Crippen molar-refractivity contribution in [2.75, 3.05) is 47.5 Å². The Kier molecular flexibility index (Phi) is 71.6. The van der Waals surface area contributed by atoms with Crippen molar-refractivity contribution < 1.29 is 42.1 Å². The van der Waals surface area contributed by atoms with Gasteiger partial charge < -0.3 is 18.9 Å². The number of phosphoric acid groups is 1. The molecule has 0 aliphatic carbocycles. The first kappa shape index (κ1) is 92.6. The summed E-state index contributed by atoms with van der Waals surface area (Å²) >= 11 is 0. The van der Waals surface area contributed by atoms with Crippen LogP contribution in [-0.2, 0) is 32.7 Å². The van der Waals surface area contributed by atoms with Crippen molar-refractivity contribution in [3.05, 3.63) is 207 Å². The number of ether oxygens (including phenoxy) is 2. The Labute approximate surface area is 602 Å². The minimum atomic E-state index is -4.41. The molecule has 0 radical (unpaired) electrons. The van der Waals surface area contributed by atoms with E-state index in [4.69, 9.17) is 18.5 Å². The maximum atomic E-state index is 12.9. The molecule has 0 spiro atoms. The molecule has 0 rings (SSSR count). The number of hydrogen-bond acceptors (Lipinski definition) is 7. The highest BCUT2D eigenvalue weighted by Gasteiger charge is 2.27. The lowest BCUT2D eigenvalue weighted by Gasteiger charge is -2.24. The molecule has 0 aromatic heterocycles. The third kappa shape index (κ3) is 79.6. The third-order valence-corrected chi connectivity index (χ3v) is 16.8. The van der Waals surface area contributed by atoms with Crippen LogP contribution in [-0.4, -0.2) is 74.9 Å². The second kappa shape index (κ2) is 75.8. The second-order valence-corrected chi connectivity index (χ2v) is 27.7. The van der Waals surface area contributed by atoms with Crippen LogP contribution in [0, 0.1) is 0 Å². The molecule has 0 aliphatic heterocycles. The number of allylic oxidation sites excluding steroid dienone is 34. The van der Waals surface area contributed by atoms with Crippen molar-refractivity contribution in [2.45, 2.75) is 290 Å². The van der Waals surface area contributed by atoms with Gasteiger partial charge in [0.2, 0.25) is 0 Å². The average molecular weight is 1370 g/mol. The molecule has 0 fully saturated rings. The fourth-order valence-corrected chi connectivity index (χ4v) is 10.7. The Balaban J connectivity index is 4.09. The number of esters is 2. The molecule has 0 saturated heterocycles. The molecular formula is C88H143NO8P+. The first-order valence-electron chi connectivity index (χ1n) is 38.8. The maximum absolute atomic E-state index is 12.9. The average Bonchev–Trinajstić information content (AvgIpc) is 1.08. The molecule has 0 saturated carbocycles. The number of rotatable bonds is 69. The van der Waals surface area contributed by atoms with E-state index in [1.165, 1.54) is 89.9 Å². The molecule has 10 heteroatoms. The van der Waals surface area contributed by atoms with Crippen LogP contribution in [0.15, 0.2) is 207 Å². The highest BCUT2D eigenvalue weighted by Crippen LogP contribution is 2.43. The van der Waals surface area contributed by atoms with Crippen LogP contribution in [0.3, 0.4) is 0 Å². The molecule has 0 aliphatic rings. The van der Waals surface area contributed by atoms with E-state index in [0.717, 1.165) is 161 Å². The van der Waals surface area contributed by atoms with Gasteiger partial charge in [0.05, 0.1) is 27.7 Å². The second-order valence-electron chi connectivity index (χ2n) is 26.3. The summed E-state index contributed by atoms with van der Waals surface area (Å²) in [4.78, 5) is 36.0. The molecule has 0 aromatic rings. The van der Waals surface area contributed by atoms with E-state index < -0.39 is 26.5 Å². The van der Waals surface area contributed by atoms with Crippen LogP contribution >= 0.6 is 7.82 Å². The molecule has 552 valence electrons. The van der Waals surface area contributed by atoms with Crippen molar-refractivity contribution in [3.63, 3.8) is 0 Å². The third-order valence-electron chi connectivity index (χ3n) is 15.8. The minimum Gasteiger partial charge on any atom is -0.462 e. The quantitative estimate of drug-likeness (QED) is 0.0211. The molecule has 2 unspecified atom stereocenters. The van der Waals surface area contributed by atoms with Gasteiger partial charge in [0.1, 0.15) is 19.8 Å². The number of unbranched alkanes of at least 4 members (excludes halogenated alkanes) is 21. The number of hydrogen-bond donors (Lipinski definition) is 1. The Bertz CT molecular complexity index is 2410. The molecule has 2 atom stereocenters. The van der Waals surface area contributed by atoms with Crippen molar-refractivity contribution in [2.24, 2.45) is 0 Å². The summed E-state index contributed by atoms with van der Waals surface area (Å²) in [6.07, 6.45) is 119. The number of carbonyl (C=O) groups excluding carboxylic acids is 2. The van der Waals surface area contributed by atoms with Gasteiger partial charge in [0.15, 0.2) is 6.10 Å². The fourth-order valence-electron chi connectivity index (χ4n) is 9.97. The van der Waals surface area contributed by atoms with E-state index in [9.17, 15) is 19.0 Å². The van der Waals surface area contributed by atoms with Gasteiger partial charge in [0, 0.05) is 12.8 Å². The fraction of sp³-hybridized carbons (Fsp3) is 0.591. The normalized spacial score (nSPS) is 14.2. The standard InChI is InChI=1S/C88H142NO8P/c1-6-8-10-12-14-16-18-20-22-24-26-28-30-32-34-36-38-40-41-42-43-44-45-46-47-49-51-53-55-57-59-61-63-65-67-69-71-73-75-77-79-81-88(91)97-86(85-96-98(92,93)95-83-82-89(3,4)5)84-94-87(90)80-78-76-74-72-70-68-66-64-62-60-58-56-54-52-50-48-39-37-35-33-31-29-27-25-23-21-19-17-15-13-11-9-7-2/h8-11,14-17,20-23,26-29,32-35,38-40,42-43,45-46,48-49,51-52,54,58,60,86H,6-7,12-13,18-19,24-25,30-31,36-37,41,44,47,50,53,55-57,59,61-85H2,1-5H3/p+1/b10-8-,11-9-,16-14-,17-15-,22-20-,23-21-,28-26-,29-27-,34-32-,35-33-,40-38-,43-42-,46-45-,48-39-,51-49-,54-52-,60-58-. The molecule has 9 nitrogen and oxygen atoms in total. The van der Waals surface area contributed by atoms with E-state index in [1.807, 2.05) is 21.1 Å². The number of quaternary nitrogens is 1. The number of nitrogens with zero attached hydrogens (tertiary/aromatic N) is 1. The Morgan fingerprint density at radius 2 is 0.551 bits per heavy atom. The van der Waals surface area contributed by atoms with Crippen LogP contribution in [0.25, 0.3) is 0 Å². The molecule has 98 heavy (non-hydrogen) atoms. The zero-order chi connectivity index (χ0) is 71.1. The van der Waals surface area contributed by atoms with Crippen LogP contribution in [0.2, 0.25) is 0 Å². The Morgan fingerprint density at radius 1 is 0.316 bits per heavy atom. The van der Waals surface area contributed by atoms with Crippen molar-refractivity contribution in [3.8, 4) is 0 Å². The molecule has 0 bridgehead atoms. The van der Waals surface area contributed by atoms with E-state index in [0.29, 0.717) is 17.4 Å². The first-order chi connectivity index (χ1) is 48.0. The predicted octanol–water partition coefficient (Wildman–Crippen LogP) is 26.2. The van der Waals surface area contributed by atoms with Crippen LogP contribution in [0.1, 0.15) is 284 Å². The first-order valence-corrected chi connectivity index (χ1v) is 40.3. The van der Waals surface area contributed by atoms with Gasteiger partial charge in [0.25, 0.3) is 0 Å². The summed E-state index contributed by atoms with van der Waals surface area (Å²) in [7, 11) is 1.45. The molecule has 1 N–H and O–H groups in total. The van der Waals surface area contributed by atoms with Gasteiger partial charge in [-0.1, -0.05) is 330 Å². The number of phosphoric ester groups is 1. The summed E-state index contributed by atoms with van der Waals surface area (Å²) in [6.45, 7) is 4.18. The molecule has 0 amide bonds. The summed E-state index contributed by atoms with van der Waals surface area (Å²) in [6, 6.07) is 0. The summed E-state index contributed by atoms with van der Waals surface area (Å²) < 4.78 is 34.8. The monoisotopic (exact) mass is 1370 g/mol. The van der Waals surface area contributed by atoms with Gasteiger partial charge in [-0.15, -0.1) is 0 Å². The smallest absolute Gasteiger partial charge is 0.462 e. The minimum absolute atomic E-state index is 0.0204. The van der Waals surface area contributed by atoms with Gasteiger partial charge in [-0.25, -0.2) is 4.57 Å². The van der Waals surface area contributed by atoms with Crippen molar-refractivity contribution in [1.29, 1.82) is 0 Å². The molecule has 0 heterocycles. The Hall–Kier alpha value is -5.41. The SMILES string of the molecule is CC/C=C\C/C=C\C/C=C\C/C=C\C/C=C\C/C=C\C/C=C\C/C=C\C/C=C\CCCCCCCCCCCCCCCC(=O)OC(COC(=O)CCCCCCCCCC/C=C\C/C=C\C/C=C\C/C=C\C/C=C\C/C=C\C/C=C\C/C=C\CC)COP(=O)(O)OCC[N+](C)(C)C. The number of carbonyl (C=O) groups is 2. The highest BCUT2D eigenvalue weighted by atomic mass is 31.2. The zero-order valence-electron chi connectivity index (χ0n) is 62.9. The highest BCUT2D eigenvalue weighted by molar-refractivity contribution is 7.47. The Morgan fingerprint density at radius 3 is 0.816 bits per heavy atom. The largest absolute Gasteiger partial charge is 0.472 e. The van der Waals surface area contributed by atoms with Crippen molar-refractivity contribution in [1.82, 2.24) is 0 Å². The van der Waals surface area contributed by atoms with Crippen molar-refractivity contribution >= 4 is 19.8 Å². The zero-order valence-corrected chi connectivity index (χ0v) is 63.8. The topological polar surface area (TPSA) is 108 Å². The lowest BCUT2D eigenvalue weighted by atomic mass is 10.0. The lowest BCUT2D eigenvalue weighted by molar-refractivity contribution is -0.870.